The van der Waals surface area contributed by atoms with E-state index in [1.54, 1.807) is 0 Å². The zero-order valence-electron chi connectivity index (χ0n) is 33.3. The van der Waals surface area contributed by atoms with E-state index in [4.69, 9.17) is 82.2 Å². The summed E-state index contributed by atoms with van der Waals surface area (Å²) in [4.78, 5) is 50.6. The molecule has 3 aromatic rings. The Morgan fingerprint density at radius 2 is 1.08 bits per heavy atom. The van der Waals surface area contributed by atoms with Crippen LogP contribution in [0.25, 0.3) is 0 Å². The molecular formula is C42H48Cl3NO14. The Morgan fingerprint density at radius 1 is 0.600 bits per heavy atom. The fraction of sp³-hybridized carbons (Fsp3) is 0.476. The van der Waals surface area contributed by atoms with E-state index in [-0.39, 0.29) is 26.4 Å². The standard InChI is InChI=1S/C42H48Cl3NO14/c1-25(47)53-24-32-34(56-26(2)48)36(57-27(3)49)33(46-41(50)42(43,44)45)39(58-32)60-35-31(23-52-20-28-14-8-5-9-15-28)59-40(51-4)38(55-22-30-18-12-7-13-19-30)37(35)54-21-29-16-10-6-11-17-29/h5-19,31-40H,20-24H2,1-4H3,(H,46,50)/t31-,32-,33+,34+,35-,36-,37+,38-,39-,40+/m1/s1. The minimum absolute atomic E-state index is 0.0726. The van der Waals surface area contributed by atoms with E-state index in [9.17, 15) is 19.2 Å². The van der Waals surface area contributed by atoms with Crippen molar-refractivity contribution in [3.05, 3.63) is 108 Å². The molecule has 3 aromatic carbocycles. The van der Waals surface area contributed by atoms with Crippen molar-refractivity contribution < 1.29 is 66.5 Å². The molecule has 2 aliphatic heterocycles. The molecule has 5 rings (SSSR count). The van der Waals surface area contributed by atoms with Gasteiger partial charge in [-0.25, -0.2) is 0 Å². The number of rotatable bonds is 18. The molecule has 18 heteroatoms. The van der Waals surface area contributed by atoms with Crippen LogP contribution in [0.2, 0.25) is 0 Å². The highest BCUT2D eigenvalue weighted by molar-refractivity contribution is 6.76. The molecule has 15 nitrogen and oxygen atoms in total. The summed E-state index contributed by atoms with van der Waals surface area (Å²) >= 11 is 18.1. The summed E-state index contributed by atoms with van der Waals surface area (Å²) in [6.45, 7) is 3.18. The first-order chi connectivity index (χ1) is 28.7. The zero-order valence-corrected chi connectivity index (χ0v) is 35.6. The van der Waals surface area contributed by atoms with Crippen LogP contribution < -0.4 is 5.32 Å². The molecule has 0 unspecified atom stereocenters. The molecule has 0 radical (unpaired) electrons. The number of nitrogens with one attached hydrogen (secondary N) is 1. The number of halogens is 3. The van der Waals surface area contributed by atoms with Crippen molar-refractivity contribution in [2.45, 2.75) is 106 Å². The van der Waals surface area contributed by atoms with Crippen LogP contribution in [0.1, 0.15) is 37.5 Å². The number of carbonyl (C=O) groups is 4. The number of esters is 3. The first-order valence-electron chi connectivity index (χ1n) is 19.0. The van der Waals surface area contributed by atoms with Crippen LogP contribution in [0.15, 0.2) is 91.0 Å². The van der Waals surface area contributed by atoms with Crippen LogP contribution in [-0.4, -0.2) is 109 Å². The van der Waals surface area contributed by atoms with Gasteiger partial charge in [0, 0.05) is 27.9 Å². The second kappa shape index (κ2) is 22.8. The van der Waals surface area contributed by atoms with E-state index in [1.165, 1.54) is 14.0 Å². The van der Waals surface area contributed by atoms with Crippen molar-refractivity contribution in [3.63, 3.8) is 0 Å². The number of methoxy groups -OCH3 is 1. The van der Waals surface area contributed by atoms with E-state index >= 15 is 0 Å². The summed E-state index contributed by atoms with van der Waals surface area (Å²) in [7, 11) is 1.46. The zero-order chi connectivity index (χ0) is 43.2. The lowest BCUT2D eigenvalue weighted by Crippen LogP contribution is -2.70. The SMILES string of the molecule is CO[C@H]1O[C@H](COCc2ccccc2)[C@@H](O[C@H]2O[C@H](COC(C)=O)[C@H](OC(C)=O)[C@H](OC(C)=O)[C@@H]2NC(=O)C(Cl)(Cl)Cl)[C@H](OCc2ccccc2)[C@H]1OCc1ccccc1. The Balaban J connectivity index is 1.60. The van der Waals surface area contributed by atoms with Gasteiger partial charge in [-0.1, -0.05) is 126 Å². The van der Waals surface area contributed by atoms with Gasteiger partial charge < -0.3 is 52.7 Å². The second-order valence-corrected chi connectivity index (χ2v) is 16.2. The third kappa shape index (κ3) is 13.8. The Labute approximate surface area is 363 Å². The van der Waals surface area contributed by atoms with Crippen molar-refractivity contribution in [2.24, 2.45) is 0 Å². The summed E-state index contributed by atoms with van der Waals surface area (Å²) in [5.74, 6) is -3.50. The maximum atomic E-state index is 13.4. The summed E-state index contributed by atoms with van der Waals surface area (Å²) in [5, 5.41) is 2.54. The van der Waals surface area contributed by atoms with Gasteiger partial charge in [0.2, 0.25) is 0 Å². The quantitative estimate of drug-likeness (QED) is 0.101. The monoisotopic (exact) mass is 895 g/mol. The van der Waals surface area contributed by atoms with Crippen LogP contribution >= 0.6 is 34.8 Å². The lowest BCUT2D eigenvalue weighted by Gasteiger charge is -2.49. The van der Waals surface area contributed by atoms with Crippen LogP contribution in [0.4, 0.5) is 0 Å². The Hall–Kier alpha value is -3.87. The summed E-state index contributed by atoms with van der Waals surface area (Å²) < 4.78 is 59.2. The van der Waals surface area contributed by atoms with Gasteiger partial charge in [-0.3, -0.25) is 19.2 Å². The van der Waals surface area contributed by atoms with Crippen LogP contribution in [0.5, 0.6) is 0 Å². The van der Waals surface area contributed by atoms with Gasteiger partial charge in [0.1, 0.15) is 43.2 Å². The van der Waals surface area contributed by atoms with Gasteiger partial charge in [-0.05, 0) is 16.7 Å². The highest BCUT2D eigenvalue weighted by Gasteiger charge is 2.56. The van der Waals surface area contributed by atoms with E-state index in [0.29, 0.717) is 0 Å². The second-order valence-electron chi connectivity index (χ2n) is 13.9. The molecule has 2 fully saturated rings. The molecule has 0 aromatic heterocycles. The summed E-state index contributed by atoms with van der Waals surface area (Å²) in [6, 6.07) is 26.7. The van der Waals surface area contributed by atoms with Gasteiger partial charge in [-0.2, -0.15) is 0 Å². The number of hydrogen-bond donors (Lipinski definition) is 1. The number of hydrogen-bond acceptors (Lipinski definition) is 14. The smallest absolute Gasteiger partial charge is 0.303 e. The fourth-order valence-electron chi connectivity index (χ4n) is 6.69. The normalized spacial score (nSPS) is 26.7. The first kappa shape index (κ1) is 47.2. The molecule has 0 spiro atoms. The fourth-order valence-corrected chi connectivity index (χ4v) is 6.86. The van der Waals surface area contributed by atoms with E-state index in [1.807, 2.05) is 91.0 Å². The highest BCUT2D eigenvalue weighted by atomic mass is 35.6. The largest absolute Gasteiger partial charge is 0.463 e. The molecule has 2 heterocycles. The van der Waals surface area contributed by atoms with Crippen molar-refractivity contribution >= 4 is 58.6 Å². The van der Waals surface area contributed by atoms with Crippen LogP contribution in [-0.2, 0) is 86.4 Å². The number of benzene rings is 3. The molecule has 0 saturated carbocycles. The minimum atomic E-state index is -2.53. The molecule has 326 valence electrons. The van der Waals surface area contributed by atoms with Crippen molar-refractivity contribution in [2.75, 3.05) is 20.3 Å². The summed E-state index contributed by atoms with van der Waals surface area (Å²) in [6.07, 6.45) is -11.2. The maximum Gasteiger partial charge on any atom is 0.303 e. The lowest BCUT2D eigenvalue weighted by atomic mass is 9.94. The average molecular weight is 897 g/mol. The Morgan fingerprint density at radius 3 is 1.58 bits per heavy atom. The number of amides is 1. The van der Waals surface area contributed by atoms with Crippen molar-refractivity contribution in [1.82, 2.24) is 5.32 Å². The molecule has 10 atom stereocenters. The van der Waals surface area contributed by atoms with Crippen molar-refractivity contribution in [1.29, 1.82) is 0 Å². The van der Waals surface area contributed by atoms with E-state index < -0.39 is 95.6 Å². The Bertz CT molecular complexity index is 1820. The molecule has 1 amide bonds. The highest BCUT2D eigenvalue weighted by Crippen LogP contribution is 2.36. The number of alkyl halides is 3. The van der Waals surface area contributed by atoms with Crippen LogP contribution in [0, 0.1) is 0 Å². The van der Waals surface area contributed by atoms with Crippen LogP contribution in [0.3, 0.4) is 0 Å². The van der Waals surface area contributed by atoms with Gasteiger partial charge in [0.05, 0.1) is 26.4 Å². The lowest BCUT2D eigenvalue weighted by molar-refractivity contribution is -0.356. The molecule has 0 aliphatic carbocycles. The predicted octanol–water partition coefficient (Wildman–Crippen LogP) is 5.14. The van der Waals surface area contributed by atoms with Crippen molar-refractivity contribution in [3.8, 4) is 0 Å². The minimum Gasteiger partial charge on any atom is -0.463 e. The van der Waals surface area contributed by atoms with Gasteiger partial charge in [-0.15, -0.1) is 0 Å². The van der Waals surface area contributed by atoms with E-state index in [2.05, 4.69) is 5.32 Å². The molecule has 0 bridgehead atoms. The topological polar surface area (TPSA) is 173 Å². The molecule has 60 heavy (non-hydrogen) atoms. The first-order valence-corrected chi connectivity index (χ1v) is 20.1. The van der Waals surface area contributed by atoms with Gasteiger partial charge in [0.25, 0.3) is 9.70 Å². The van der Waals surface area contributed by atoms with Gasteiger partial charge in [0.15, 0.2) is 24.8 Å². The number of ether oxygens (including phenoxy) is 10. The Kier molecular flexibility index (Phi) is 17.9. The summed E-state index contributed by atoms with van der Waals surface area (Å²) in [5.41, 5.74) is 2.55. The third-order valence-corrected chi connectivity index (χ3v) is 9.85. The number of carbonyl (C=O) groups excluding carboxylic acids is 4. The third-order valence-electron chi connectivity index (χ3n) is 9.34. The molecule has 2 aliphatic rings. The average Bonchev–Trinajstić information content (AvgIpc) is 3.21. The molecular weight excluding hydrogens is 849 g/mol. The van der Waals surface area contributed by atoms with Gasteiger partial charge >= 0.3 is 17.9 Å². The molecule has 1 N–H and O–H groups in total. The van der Waals surface area contributed by atoms with E-state index in [0.717, 1.165) is 30.5 Å². The maximum absolute atomic E-state index is 13.4. The molecule has 2 saturated heterocycles. The predicted molar refractivity (Wildman–Crippen MR) is 215 cm³/mol.